The molecule has 0 atom stereocenters. The van der Waals surface area contributed by atoms with E-state index in [-0.39, 0.29) is 5.91 Å². The van der Waals surface area contributed by atoms with Gasteiger partial charge in [-0.15, -0.1) is 0 Å². The average molecular weight is 273 g/mol. The summed E-state index contributed by atoms with van der Waals surface area (Å²) in [5.41, 5.74) is 7.30. The number of rotatable bonds is 4. The minimum Gasteiger partial charge on any atom is -0.369 e. The fraction of sp³-hybridized carbons (Fsp3) is 0.429. The molecule has 2 aromatic rings. The van der Waals surface area contributed by atoms with Crippen LogP contribution in [0.3, 0.4) is 0 Å². The molecule has 1 aromatic carbocycles. The van der Waals surface area contributed by atoms with Crippen LogP contribution in [0.2, 0.25) is 0 Å². The second-order valence-corrected chi connectivity index (χ2v) is 5.22. The molecular weight excluding hydrogens is 254 g/mol. The number of hydrogen-bond donors (Lipinski definition) is 2. The summed E-state index contributed by atoms with van der Waals surface area (Å²) in [4.78, 5) is 23.3. The highest BCUT2D eigenvalue weighted by molar-refractivity contribution is 5.76. The van der Waals surface area contributed by atoms with E-state index < -0.39 is 0 Å². The Hall–Kier alpha value is -1.92. The number of imidazole rings is 1. The van der Waals surface area contributed by atoms with Crippen LogP contribution in [0.4, 0.5) is 0 Å². The van der Waals surface area contributed by atoms with E-state index in [1.807, 2.05) is 24.3 Å². The maximum absolute atomic E-state index is 10.9. The maximum Gasteiger partial charge on any atom is 0.231 e. The van der Waals surface area contributed by atoms with Gasteiger partial charge in [0.25, 0.3) is 0 Å². The summed E-state index contributed by atoms with van der Waals surface area (Å²) in [5, 5.41) is 0. The largest absolute Gasteiger partial charge is 0.369 e. The molecule has 1 saturated heterocycles. The zero-order valence-electron chi connectivity index (χ0n) is 11.4. The molecule has 1 amide bonds. The van der Waals surface area contributed by atoms with Gasteiger partial charge >= 0.3 is 0 Å². The number of carbonyl (C=O) groups excluding carboxylic acids is 1. The van der Waals surface area contributed by atoms with Crippen LogP contribution in [0, 0.1) is 0 Å². The van der Waals surface area contributed by atoms with E-state index in [1.54, 1.807) is 0 Å². The molecule has 0 radical (unpaired) electrons. The lowest BCUT2D eigenvalue weighted by atomic mass is 10.3. The molecule has 20 heavy (non-hydrogen) atoms. The van der Waals surface area contributed by atoms with Crippen LogP contribution >= 0.6 is 0 Å². The molecule has 106 valence electrons. The molecule has 1 aliphatic heterocycles. The number of aromatic amines is 1. The average Bonchev–Trinajstić information content (AvgIpc) is 2.82. The predicted molar refractivity (Wildman–Crippen MR) is 77.0 cm³/mol. The number of H-pyrrole nitrogens is 1. The van der Waals surface area contributed by atoms with E-state index >= 15 is 0 Å². The first-order valence-corrected chi connectivity index (χ1v) is 6.87. The molecule has 1 aliphatic rings. The number of nitrogens with two attached hydrogens (primary N) is 1. The van der Waals surface area contributed by atoms with Crippen molar-refractivity contribution in [3.8, 4) is 0 Å². The van der Waals surface area contributed by atoms with Crippen molar-refractivity contribution in [1.29, 1.82) is 0 Å². The summed E-state index contributed by atoms with van der Waals surface area (Å²) in [6.45, 7) is 4.80. The van der Waals surface area contributed by atoms with Crippen molar-refractivity contribution < 1.29 is 4.79 Å². The fourth-order valence-electron chi connectivity index (χ4n) is 2.62. The van der Waals surface area contributed by atoms with Crippen LogP contribution in [0.15, 0.2) is 24.3 Å². The lowest BCUT2D eigenvalue weighted by Crippen LogP contribution is -2.48. The Morgan fingerprint density at radius 3 is 2.60 bits per heavy atom. The van der Waals surface area contributed by atoms with Crippen molar-refractivity contribution in [2.45, 2.75) is 6.54 Å². The number of carbonyl (C=O) groups is 1. The third kappa shape index (κ3) is 2.97. The Morgan fingerprint density at radius 2 is 1.90 bits per heavy atom. The number of fused-ring (bicyclic) bond motifs is 1. The number of piperazine rings is 1. The lowest BCUT2D eigenvalue weighted by molar-refractivity contribution is -0.119. The smallest absolute Gasteiger partial charge is 0.231 e. The standard InChI is InChI=1S/C14H19N5O/c15-13(20)9-18-5-7-19(8-6-18)10-14-16-11-3-1-2-4-12(11)17-14/h1-4H,5-10H2,(H2,15,20)(H,16,17). The van der Waals surface area contributed by atoms with Crippen molar-refractivity contribution in [2.24, 2.45) is 5.73 Å². The first-order chi connectivity index (χ1) is 9.70. The topological polar surface area (TPSA) is 78.2 Å². The number of nitrogens with one attached hydrogen (secondary N) is 1. The van der Waals surface area contributed by atoms with Gasteiger partial charge in [0, 0.05) is 26.2 Å². The quantitative estimate of drug-likeness (QED) is 0.832. The molecule has 3 rings (SSSR count). The summed E-state index contributed by atoms with van der Waals surface area (Å²) in [7, 11) is 0. The highest BCUT2D eigenvalue weighted by atomic mass is 16.1. The van der Waals surface area contributed by atoms with Gasteiger partial charge in [-0.2, -0.15) is 0 Å². The van der Waals surface area contributed by atoms with Crippen molar-refractivity contribution in [3.05, 3.63) is 30.1 Å². The Balaban J connectivity index is 1.58. The molecule has 0 spiro atoms. The minimum absolute atomic E-state index is 0.254. The van der Waals surface area contributed by atoms with Crippen molar-refractivity contribution in [2.75, 3.05) is 32.7 Å². The second kappa shape index (κ2) is 5.60. The summed E-state index contributed by atoms with van der Waals surface area (Å²) in [5.74, 6) is 0.741. The van der Waals surface area contributed by atoms with E-state index in [2.05, 4.69) is 19.8 Å². The Kier molecular flexibility index (Phi) is 3.66. The van der Waals surface area contributed by atoms with Gasteiger partial charge in [0.05, 0.1) is 24.1 Å². The normalized spacial score (nSPS) is 17.6. The Morgan fingerprint density at radius 1 is 1.20 bits per heavy atom. The second-order valence-electron chi connectivity index (χ2n) is 5.22. The molecule has 0 unspecified atom stereocenters. The van der Waals surface area contributed by atoms with E-state index in [0.29, 0.717) is 6.54 Å². The van der Waals surface area contributed by atoms with Gasteiger partial charge in [-0.25, -0.2) is 4.98 Å². The number of primary amides is 1. The van der Waals surface area contributed by atoms with Crippen LogP contribution in [-0.4, -0.2) is 58.4 Å². The zero-order chi connectivity index (χ0) is 13.9. The molecule has 2 heterocycles. The molecule has 1 aromatic heterocycles. The van der Waals surface area contributed by atoms with Crippen LogP contribution in [0.25, 0.3) is 11.0 Å². The highest BCUT2D eigenvalue weighted by Gasteiger charge is 2.18. The minimum atomic E-state index is -0.254. The van der Waals surface area contributed by atoms with Crippen LogP contribution < -0.4 is 5.73 Å². The third-order valence-corrected chi connectivity index (χ3v) is 3.66. The molecule has 0 aliphatic carbocycles. The van der Waals surface area contributed by atoms with Crippen LogP contribution in [0.5, 0.6) is 0 Å². The van der Waals surface area contributed by atoms with Crippen molar-refractivity contribution >= 4 is 16.9 Å². The first-order valence-electron chi connectivity index (χ1n) is 6.87. The molecular formula is C14H19N5O. The number of hydrogen-bond acceptors (Lipinski definition) is 4. The van der Waals surface area contributed by atoms with Gasteiger partial charge in [-0.1, -0.05) is 12.1 Å². The number of para-hydroxylation sites is 2. The molecule has 3 N–H and O–H groups in total. The van der Waals surface area contributed by atoms with Crippen molar-refractivity contribution in [1.82, 2.24) is 19.8 Å². The molecule has 1 fully saturated rings. The SMILES string of the molecule is NC(=O)CN1CCN(Cc2nc3ccccc3[nH]2)CC1. The van der Waals surface area contributed by atoms with E-state index in [1.165, 1.54) is 0 Å². The Labute approximate surface area is 117 Å². The van der Waals surface area contributed by atoms with Crippen LogP contribution in [0.1, 0.15) is 5.82 Å². The number of amides is 1. The first kappa shape index (κ1) is 13.1. The number of benzene rings is 1. The van der Waals surface area contributed by atoms with Gasteiger partial charge in [-0.05, 0) is 12.1 Å². The summed E-state index contributed by atoms with van der Waals surface area (Å²) < 4.78 is 0. The van der Waals surface area contributed by atoms with E-state index in [0.717, 1.165) is 49.6 Å². The molecule has 6 heteroatoms. The number of aromatic nitrogens is 2. The summed E-state index contributed by atoms with van der Waals surface area (Å²) in [6, 6.07) is 8.05. The van der Waals surface area contributed by atoms with Crippen LogP contribution in [-0.2, 0) is 11.3 Å². The van der Waals surface area contributed by atoms with Gasteiger partial charge in [-0.3, -0.25) is 14.6 Å². The monoisotopic (exact) mass is 273 g/mol. The zero-order valence-corrected chi connectivity index (χ0v) is 11.4. The summed E-state index contributed by atoms with van der Waals surface area (Å²) in [6.07, 6.45) is 0. The highest BCUT2D eigenvalue weighted by Crippen LogP contribution is 2.12. The van der Waals surface area contributed by atoms with Gasteiger partial charge in [0.1, 0.15) is 5.82 Å². The van der Waals surface area contributed by atoms with Gasteiger partial charge in [0.2, 0.25) is 5.91 Å². The number of nitrogens with zero attached hydrogens (tertiary/aromatic N) is 3. The lowest BCUT2D eigenvalue weighted by Gasteiger charge is -2.33. The molecule has 0 saturated carbocycles. The summed E-state index contributed by atoms with van der Waals surface area (Å²) >= 11 is 0. The Bertz CT molecular complexity index is 567. The molecule has 6 nitrogen and oxygen atoms in total. The van der Waals surface area contributed by atoms with E-state index in [4.69, 9.17) is 5.73 Å². The van der Waals surface area contributed by atoms with Gasteiger partial charge in [0.15, 0.2) is 0 Å². The fourth-order valence-corrected chi connectivity index (χ4v) is 2.62. The van der Waals surface area contributed by atoms with Gasteiger partial charge < -0.3 is 10.7 Å². The maximum atomic E-state index is 10.9. The third-order valence-electron chi connectivity index (χ3n) is 3.66. The van der Waals surface area contributed by atoms with Crippen molar-refractivity contribution in [3.63, 3.8) is 0 Å². The van der Waals surface area contributed by atoms with E-state index in [9.17, 15) is 4.79 Å². The predicted octanol–water partition coefficient (Wildman–Crippen LogP) is 0.166. The molecule has 0 bridgehead atoms.